The maximum Gasteiger partial charge on any atom is 0.235 e. The Morgan fingerprint density at radius 2 is 1.80 bits per heavy atom. The first kappa shape index (κ1) is 26.5. The van der Waals surface area contributed by atoms with Gasteiger partial charge in [0, 0.05) is 12.5 Å². The Kier molecular flexibility index (Phi) is 8.07. The molecule has 1 saturated carbocycles. The molecular formula is C25H32FN5O3S. The molecule has 188 valence electrons. The maximum absolute atomic E-state index is 13.9. The number of aromatic amines is 1. The van der Waals surface area contributed by atoms with Crippen LogP contribution in [0.15, 0.2) is 47.4 Å². The largest absolute Gasteiger partial charge is 0.352 e. The van der Waals surface area contributed by atoms with Gasteiger partial charge in [0.05, 0.1) is 22.5 Å². The fourth-order valence-corrected chi connectivity index (χ4v) is 4.30. The van der Waals surface area contributed by atoms with Gasteiger partial charge in [-0.15, -0.1) is 0 Å². The molecule has 2 amide bonds. The molecule has 4 N–H and O–H groups in total. The lowest BCUT2D eigenvalue weighted by Crippen LogP contribution is -2.41. The lowest BCUT2D eigenvalue weighted by Gasteiger charge is -2.18. The van der Waals surface area contributed by atoms with Crippen LogP contribution in [0.25, 0.3) is 11.0 Å². The summed E-state index contributed by atoms with van der Waals surface area (Å²) in [6.45, 7) is 9.24. The zero-order valence-electron chi connectivity index (χ0n) is 20.6. The number of H-pyrrole nitrogens is 1. The molecule has 10 heteroatoms. The Bertz CT molecular complexity index is 1230. The third-order valence-electron chi connectivity index (χ3n) is 5.20. The van der Waals surface area contributed by atoms with Crippen molar-refractivity contribution in [2.75, 3.05) is 6.54 Å². The van der Waals surface area contributed by atoms with Crippen molar-refractivity contribution in [1.29, 1.82) is 0 Å². The number of imidazole rings is 1. The zero-order chi connectivity index (χ0) is 25.8. The van der Waals surface area contributed by atoms with Crippen molar-refractivity contribution < 1.29 is 18.2 Å². The minimum atomic E-state index is -1.46. The first-order valence-electron chi connectivity index (χ1n) is 11.3. The van der Waals surface area contributed by atoms with Crippen molar-refractivity contribution in [3.63, 3.8) is 0 Å². The molecule has 1 fully saturated rings. The van der Waals surface area contributed by atoms with Crippen molar-refractivity contribution >= 4 is 33.8 Å². The Morgan fingerprint density at radius 3 is 2.31 bits per heavy atom. The molecule has 1 aliphatic carbocycles. The number of para-hydroxylation sites is 1. The van der Waals surface area contributed by atoms with E-state index in [-0.39, 0.29) is 29.4 Å². The number of rotatable bonds is 6. The second-order valence-electron chi connectivity index (χ2n) is 9.69. The molecule has 8 nitrogen and oxygen atoms in total. The average Bonchev–Trinajstić information content (AvgIpc) is 3.39. The van der Waals surface area contributed by atoms with Crippen LogP contribution >= 0.6 is 0 Å². The van der Waals surface area contributed by atoms with E-state index in [2.05, 4.69) is 25.3 Å². The molecule has 1 aliphatic rings. The molecule has 0 aliphatic heterocycles. The van der Waals surface area contributed by atoms with Gasteiger partial charge < -0.3 is 15.6 Å². The van der Waals surface area contributed by atoms with Gasteiger partial charge in [-0.25, -0.2) is 18.3 Å². The number of amides is 2. The van der Waals surface area contributed by atoms with E-state index in [1.165, 1.54) is 13.0 Å². The molecule has 3 aromatic rings. The first-order chi connectivity index (χ1) is 16.4. The van der Waals surface area contributed by atoms with Crippen molar-refractivity contribution in [1.82, 2.24) is 25.3 Å². The summed E-state index contributed by atoms with van der Waals surface area (Å²) in [5.41, 5.74) is 1.27. The van der Waals surface area contributed by atoms with Crippen LogP contribution in [0.4, 0.5) is 4.39 Å². The lowest BCUT2D eigenvalue weighted by molar-refractivity contribution is -0.121. The molecule has 0 spiro atoms. The number of aromatic nitrogens is 2. The highest BCUT2D eigenvalue weighted by Crippen LogP contribution is 2.44. The minimum Gasteiger partial charge on any atom is -0.352 e. The second kappa shape index (κ2) is 10.7. The average molecular weight is 502 g/mol. The molecule has 1 atom stereocenters. The summed E-state index contributed by atoms with van der Waals surface area (Å²) in [4.78, 5) is 30.7. The van der Waals surface area contributed by atoms with Gasteiger partial charge in [0.1, 0.15) is 22.3 Å². The molecule has 1 aromatic heterocycles. The quantitative estimate of drug-likeness (QED) is 0.415. The Hall–Kier alpha value is -3.11. The summed E-state index contributed by atoms with van der Waals surface area (Å²) in [5.74, 6) is -0.103. The van der Waals surface area contributed by atoms with Gasteiger partial charge in [0.25, 0.3) is 0 Å². The van der Waals surface area contributed by atoms with Gasteiger partial charge in [0.2, 0.25) is 11.8 Å². The molecule has 35 heavy (non-hydrogen) atoms. The van der Waals surface area contributed by atoms with Crippen molar-refractivity contribution in [3.05, 3.63) is 59.7 Å². The molecular weight excluding hydrogens is 469 g/mol. The van der Waals surface area contributed by atoms with Crippen LogP contribution in [0, 0.1) is 12.7 Å². The number of benzene rings is 2. The Morgan fingerprint density at radius 1 is 1.14 bits per heavy atom. The maximum atomic E-state index is 13.9. The summed E-state index contributed by atoms with van der Waals surface area (Å²) in [6, 6.07) is 12.0. The molecule has 0 saturated heterocycles. The van der Waals surface area contributed by atoms with Crippen LogP contribution in [-0.2, 0) is 26.1 Å². The highest BCUT2D eigenvalue weighted by Gasteiger charge is 2.48. The standard InChI is InChI=1S/C19H19FN4O2S.C6H13NO/c1-12-5-7-13(8-6-12)27(26)21-11-16(25)24-19(9-10-19)18-22-15-4-2-3-14(20)17(15)23-18;1-5(8)7-6(2,3)4/h2-8,21H,9-11H2,1H3,(H,22,23)(H,24,25);1-4H3,(H,7,8). The second-order valence-corrected chi connectivity index (χ2v) is 11.0. The summed E-state index contributed by atoms with van der Waals surface area (Å²) in [6.07, 6.45) is 1.45. The number of carbonyl (C=O) groups excluding carboxylic acids is 2. The third kappa shape index (κ3) is 7.43. The highest BCUT2D eigenvalue weighted by atomic mass is 32.2. The highest BCUT2D eigenvalue weighted by molar-refractivity contribution is 7.83. The van der Waals surface area contributed by atoms with Crippen LogP contribution < -0.4 is 15.4 Å². The van der Waals surface area contributed by atoms with E-state index in [4.69, 9.17) is 0 Å². The van der Waals surface area contributed by atoms with Crippen LogP contribution in [0.3, 0.4) is 0 Å². The van der Waals surface area contributed by atoms with Gasteiger partial charge in [-0.1, -0.05) is 23.8 Å². The Balaban J connectivity index is 0.000000371. The van der Waals surface area contributed by atoms with Crippen LogP contribution in [-0.4, -0.2) is 38.1 Å². The predicted octanol–water partition coefficient (Wildman–Crippen LogP) is 3.35. The van der Waals surface area contributed by atoms with Gasteiger partial charge in [-0.2, -0.15) is 0 Å². The number of nitrogens with zero attached hydrogens (tertiary/aromatic N) is 1. The number of aryl methyl sites for hydroxylation is 1. The van der Waals surface area contributed by atoms with E-state index in [1.807, 2.05) is 39.8 Å². The number of hydrogen-bond acceptors (Lipinski definition) is 4. The van der Waals surface area contributed by atoms with Crippen molar-refractivity contribution in [2.45, 2.75) is 63.4 Å². The number of hydrogen-bond donors (Lipinski definition) is 4. The summed E-state index contributed by atoms with van der Waals surface area (Å²) >= 11 is 0. The van der Waals surface area contributed by atoms with E-state index >= 15 is 0 Å². The SMILES string of the molecule is CC(=O)NC(C)(C)C.Cc1ccc(S(=O)NCC(=O)NC2(c3nc4c(F)cccc4[nH]3)CC2)cc1. The van der Waals surface area contributed by atoms with E-state index in [0.29, 0.717) is 16.2 Å². The van der Waals surface area contributed by atoms with E-state index in [0.717, 1.165) is 18.4 Å². The Labute approximate surface area is 207 Å². The molecule has 2 aromatic carbocycles. The van der Waals surface area contributed by atoms with E-state index < -0.39 is 22.3 Å². The number of fused-ring (bicyclic) bond motifs is 1. The van der Waals surface area contributed by atoms with Crippen molar-refractivity contribution in [3.8, 4) is 0 Å². The molecule has 1 heterocycles. The summed E-state index contributed by atoms with van der Waals surface area (Å²) < 4.78 is 28.8. The normalized spacial score (nSPS) is 15.0. The molecule has 0 bridgehead atoms. The number of halogens is 1. The van der Waals surface area contributed by atoms with Gasteiger partial charge >= 0.3 is 0 Å². The fraction of sp³-hybridized carbons (Fsp3) is 0.400. The van der Waals surface area contributed by atoms with Gasteiger partial charge in [-0.3, -0.25) is 9.59 Å². The molecule has 1 unspecified atom stereocenters. The zero-order valence-corrected chi connectivity index (χ0v) is 21.4. The van der Waals surface area contributed by atoms with Crippen LogP contribution in [0.2, 0.25) is 0 Å². The van der Waals surface area contributed by atoms with Crippen molar-refractivity contribution in [2.24, 2.45) is 0 Å². The monoisotopic (exact) mass is 501 g/mol. The molecule has 0 radical (unpaired) electrons. The summed E-state index contributed by atoms with van der Waals surface area (Å²) in [7, 11) is -1.46. The van der Waals surface area contributed by atoms with Gasteiger partial charge in [-0.05, 0) is 64.8 Å². The number of nitrogens with one attached hydrogen (secondary N) is 4. The summed E-state index contributed by atoms with van der Waals surface area (Å²) in [5, 5.41) is 5.67. The lowest BCUT2D eigenvalue weighted by atomic mass is 10.1. The van der Waals surface area contributed by atoms with Crippen LogP contribution in [0.5, 0.6) is 0 Å². The number of carbonyl (C=O) groups is 2. The smallest absolute Gasteiger partial charge is 0.235 e. The fourth-order valence-electron chi connectivity index (χ4n) is 3.49. The minimum absolute atomic E-state index is 0.0255. The van der Waals surface area contributed by atoms with E-state index in [1.54, 1.807) is 24.3 Å². The van der Waals surface area contributed by atoms with Crippen LogP contribution in [0.1, 0.15) is 51.9 Å². The first-order valence-corrected chi connectivity index (χ1v) is 12.5. The predicted molar refractivity (Wildman–Crippen MR) is 134 cm³/mol. The third-order valence-corrected chi connectivity index (χ3v) is 6.30. The van der Waals surface area contributed by atoms with E-state index in [9.17, 15) is 18.2 Å². The van der Waals surface area contributed by atoms with Gasteiger partial charge in [0.15, 0.2) is 5.82 Å². The topological polar surface area (TPSA) is 116 Å². The molecule has 4 rings (SSSR count).